The Bertz CT molecular complexity index is 636. The van der Waals surface area contributed by atoms with Crippen LogP contribution in [0.2, 0.25) is 0 Å². The van der Waals surface area contributed by atoms with Crippen LogP contribution < -0.4 is 16.4 Å². The molecule has 20 heavy (non-hydrogen) atoms. The number of carbonyl (C=O) groups is 2. The van der Waals surface area contributed by atoms with Gasteiger partial charge in [-0.1, -0.05) is 12.1 Å². The van der Waals surface area contributed by atoms with Crippen molar-refractivity contribution in [1.82, 2.24) is 0 Å². The zero-order valence-electron chi connectivity index (χ0n) is 11.0. The van der Waals surface area contributed by atoms with Gasteiger partial charge in [0.15, 0.2) is 0 Å². The first-order chi connectivity index (χ1) is 9.56. The van der Waals surface area contributed by atoms with Gasteiger partial charge < -0.3 is 16.4 Å². The summed E-state index contributed by atoms with van der Waals surface area (Å²) >= 11 is 0. The lowest BCUT2D eigenvalue weighted by molar-refractivity contribution is -0.114. The molecule has 5 heteroatoms. The highest BCUT2D eigenvalue weighted by Crippen LogP contribution is 2.18. The molecule has 0 saturated heterocycles. The number of nitrogens with two attached hydrogens (primary N) is 1. The lowest BCUT2D eigenvalue weighted by Crippen LogP contribution is -2.16. The highest BCUT2D eigenvalue weighted by atomic mass is 16.2. The third-order valence-corrected chi connectivity index (χ3v) is 2.65. The average molecular weight is 269 g/mol. The zero-order valence-corrected chi connectivity index (χ0v) is 11.0. The van der Waals surface area contributed by atoms with Crippen LogP contribution in [0, 0.1) is 0 Å². The van der Waals surface area contributed by atoms with Crippen molar-refractivity contribution < 1.29 is 9.59 Å². The first kappa shape index (κ1) is 13.6. The molecule has 2 aromatic carbocycles. The Hall–Kier alpha value is -2.82. The highest BCUT2D eigenvalue weighted by molar-refractivity contribution is 6.09. The molecular formula is C15H15N3O2. The van der Waals surface area contributed by atoms with Crippen molar-refractivity contribution in [2.75, 3.05) is 16.4 Å². The van der Waals surface area contributed by atoms with Gasteiger partial charge in [-0.05, 0) is 36.4 Å². The number of benzene rings is 2. The van der Waals surface area contributed by atoms with E-state index in [1.54, 1.807) is 48.5 Å². The molecule has 0 aliphatic carbocycles. The SMILES string of the molecule is CC(=O)Nc1ccccc1C(=O)Nc1ccc(N)cc1. The molecule has 0 atom stereocenters. The summed E-state index contributed by atoms with van der Waals surface area (Å²) in [6, 6.07) is 13.7. The predicted octanol–water partition coefficient (Wildman–Crippen LogP) is 2.48. The Morgan fingerprint density at radius 2 is 1.60 bits per heavy atom. The first-order valence-corrected chi connectivity index (χ1v) is 6.10. The van der Waals surface area contributed by atoms with Crippen LogP contribution in [0.25, 0.3) is 0 Å². The smallest absolute Gasteiger partial charge is 0.257 e. The van der Waals surface area contributed by atoms with E-state index in [0.717, 1.165) is 0 Å². The van der Waals surface area contributed by atoms with Crippen LogP contribution in [0.4, 0.5) is 17.1 Å². The zero-order chi connectivity index (χ0) is 14.5. The topological polar surface area (TPSA) is 84.2 Å². The number of hydrogen-bond acceptors (Lipinski definition) is 3. The van der Waals surface area contributed by atoms with Crippen molar-refractivity contribution in [3.63, 3.8) is 0 Å². The van der Waals surface area contributed by atoms with Gasteiger partial charge >= 0.3 is 0 Å². The fourth-order valence-corrected chi connectivity index (χ4v) is 1.74. The monoisotopic (exact) mass is 269 g/mol. The number of anilines is 3. The number of para-hydroxylation sites is 1. The Morgan fingerprint density at radius 1 is 0.950 bits per heavy atom. The molecule has 0 unspecified atom stereocenters. The van der Waals surface area contributed by atoms with Crippen molar-refractivity contribution in [1.29, 1.82) is 0 Å². The minimum Gasteiger partial charge on any atom is -0.399 e. The minimum atomic E-state index is -0.292. The van der Waals surface area contributed by atoms with Crippen LogP contribution in [0.15, 0.2) is 48.5 Å². The highest BCUT2D eigenvalue weighted by Gasteiger charge is 2.11. The van der Waals surface area contributed by atoms with Crippen molar-refractivity contribution in [3.8, 4) is 0 Å². The molecule has 2 aromatic rings. The Balaban J connectivity index is 2.20. The van der Waals surface area contributed by atoms with Gasteiger partial charge in [0.1, 0.15) is 0 Å². The summed E-state index contributed by atoms with van der Waals surface area (Å²) in [7, 11) is 0. The summed E-state index contributed by atoms with van der Waals surface area (Å²) in [5.74, 6) is -0.517. The second-order valence-corrected chi connectivity index (χ2v) is 4.30. The van der Waals surface area contributed by atoms with Crippen LogP contribution in [-0.4, -0.2) is 11.8 Å². The number of nitrogen functional groups attached to an aromatic ring is 1. The van der Waals surface area contributed by atoms with E-state index >= 15 is 0 Å². The first-order valence-electron chi connectivity index (χ1n) is 6.10. The quantitative estimate of drug-likeness (QED) is 0.748. The van der Waals surface area contributed by atoms with Crippen LogP contribution >= 0.6 is 0 Å². The van der Waals surface area contributed by atoms with E-state index in [1.807, 2.05) is 0 Å². The standard InChI is InChI=1S/C15H15N3O2/c1-10(19)17-14-5-3-2-4-13(14)15(20)18-12-8-6-11(16)7-9-12/h2-9H,16H2,1H3,(H,17,19)(H,18,20). The number of rotatable bonds is 3. The van der Waals surface area contributed by atoms with E-state index in [9.17, 15) is 9.59 Å². The van der Waals surface area contributed by atoms with Gasteiger partial charge in [0, 0.05) is 18.3 Å². The lowest BCUT2D eigenvalue weighted by Gasteiger charge is -2.10. The molecule has 0 aliphatic heterocycles. The third-order valence-electron chi connectivity index (χ3n) is 2.65. The third kappa shape index (κ3) is 3.35. The average Bonchev–Trinajstić information content (AvgIpc) is 2.41. The molecule has 0 aromatic heterocycles. The summed E-state index contributed by atoms with van der Waals surface area (Å²) < 4.78 is 0. The molecule has 0 radical (unpaired) electrons. The second-order valence-electron chi connectivity index (χ2n) is 4.30. The molecule has 2 amide bonds. The van der Waals surface area contributed by atoms with Crippen molar-refractivity contribution in [2.45, 2.75) is 6.92 Å². The lowest BCUT2D eigenvalue weighted by atomic mass is 10.1. The maximum absolute atomic E-state index is 12.2. The van der Waals surface area contributed by atoms with E-state index < -0.39 is 0 Å². The van der Waals surface area contributed by atoms with Gasteiger partial charge in [-0.2, -0.15) is 0 Å². The molecule has 0 aliphatic rings. The molecule has 0 bridgehead atoms. The van der Waals surface area contributed by atoms with Crippen molar-refractivity contribution >= 4 is 28.9 Å². The van der Waals surface area contributed by atoms with Crippen molar-refractivity contribution in [2.24, 2.45) is 0 Å². The van der Waals surface area contributed by atoms with Crippen LogP contribution in [-0.2, 0) is 4.79 Å². The second kappa shape index (κ2) is 5.88. The van der Waals surface area contributed by atoms with Gasteiger partial charge in [0.05, 0.1) is 11.3 Å². The van der Waals surface area contributed by atoms with E-state index in [-0.39, 0.29) is 11.8 Å². The van der Waals surface area contributed by atoms with Crippen LogP contribution in [0.1, 0.15) is 17.3 Å². The Morgan fingerprint density at radius 3 is 2.25 bits per heavy atom. The summed E-state index contributed by atoms with van der Waals surface area (Å²) in [5.41, 5.74) is 7.74. The molecule has 5 nitrogen and oxygen atoms in total. The molecule has 102 valence electrons. The summed E-state index contributed by atoms with van der Waals surface area (Å²) in [5, 5.41) is 5.38. The van der Waals surface area contributed by atoms with Crippen molar-refractivity contribution in [3.05, 3.63) is 54.1 Å². The normalized spacial score (nSPS) is 9.85. The largest absolute Gasteiger partial charge is 0.399 e. The van der Waals surface area contributed by atoms with Gasteiger partial charge in [0.2, 0.25) is 5.91 Å². The van der Waals surface area contributed by atoms with Gasteiger partial charge in [-0.25, -0.2) is 0 Å². The molecule has 0 heterocycles. The molecular weight excluding hydrogens is 254 g/mol. The maximum atomic E-state index is 12.2. The maximum Gasteiger partial charge on any atom is 0.257 e. The van der Waals surface area contributed by atoms with E-state index in [1.165, 1.54) is 6.92 Å². The predicted molar refractivity (Wildman–Crippen MR) is 79.6 cm³/mol. The van der Waals surface area contributed by atoms with E-state index in [2.05, 4.69) is 10.6 Å². The van der Waals surface area contributed by atoms with Crippen LogP contribution in [0.5, 0.6) is 0 Å². The summed E-state index contributed by atoms with van der Waals surface area (Å²) in [4.78, 5) is 23.3. The summed E-state index contributed by atoms with van der Waals surface area (Å²) in [6.45, 7) is 1.40. The Kier molecular flexibility index (Phi) is 4.00. The van der Waals surface area contributed by atoms with E-state index in [4.69, 9.17) is 5.73 Å². The minimum absolute atomic E-state index is 0.224. The number of amides is 2. The molecule has 0 saturated carbocycles. The molecule has 0 fully saturated rings. The van der Waals surface area contributed by atoms with Gasteiger partial charge in [-0.15, -0.1) is 0 Å². The fourth-order valence-electron chi connectivity index (χ4n) is 1.74. The number of carbonyl (C=O) groups excluding carboxylic acids is 2. The molecule has 4 N–H and O–H groups in total. The number of hydrogen-bond donors (Lipinski definition) is 3. The molecule has 0 spiro atoms. The Labute approximate surface area is 116 Å². The molecule has 2 rings (SSSR count). The van der Waals surface area contributed by atoms with E-state index in [0.29, 0.717) is 22.6 Å². The number of nitrogens with one attached hydrogen (secondary N) is 2. The van der Waals surface area contributed by atoms with Crippen LogP contribution in [0.3, 0.4) is 0 Å². The van der Waals surface area contributed by atoms with Gasteiger partial charge in [0.25, 0.3) is 5.91 Å². The van der Waals surface area contributed by atoms with Gasteiger partial charge in [-0.3, -0.25) is 9.59 Å². The fraction of sp³-hybridized carbons (Fsp3) is 0.0667. The summed E-state index contributed by atoms with van der Waals surface area (Å²) in [6.07, 6.45) is 0.